The molecule has 0 aromatic carbocycles. The van der Waals surface area contributed by atoms with Gasteiger partial charge in [0, 0.05) is 32.8 Å². The van der Waals surface area contributed by atoms with E-state index in [4.69, 9.17) is 4.74 Å². The zero-order valence-corrected chi connectivity index (χ0v) is 11.2. The predicted molar refractivity (Wildman–Crippen MR) is 68.3 cm³/mol. The number of aromatic nitrogens is 2. The molecule has 0 aliphatic carbocycles. The normalized spacial score (nSPS) is 19.9. The maximum absolute atomic E-state index is 5.46. The van der Waals surface area contributed by atoms with Crippen LogP contribution in [-0.4, -0.2) is 43.1 Å². The van der Waals surface area contributed by atoms with E-state index in [9.17, 15) is 0 Å². The van der Waals surface area contributed by atoms with E-state index in [-0.39, 0.29) is 0 Å². The van der Waals surface area contributed by atoms with Gasteiger partial charge in [-0.1, -0.05) is 0 Å². The Hall–Kier alpha value is -1.07. The monoisotopic (exact) mass is 238 g/mol. The van der Waals surface area contributed by atoms with Crippen molar-refractivity contribution in [1.82, 2.24) is 15.1 Å². The number of rotatable bonds is 4. The Bertz CT molecular complexity index is 382. The average Bonchev–Trinajstić information content (AvgIpc) is 2.88. The molecule has 5 heteroatoms. The van der Waals surface area contributed by atoms with Crippen molar-refractivity contribution in [2.45, 2.75) is 25.9 Å². The third kappa shape index (κ3) is 2.30. The van der Waals surface area contributed by atoms with Crippen LogP contribution in [0.15, 0.2) is 0 Å². The van der Waals surface area contributed by atoms with E-state index >= 15 is 0 Å². The van der Waals surface area contributed by atoms with E-state index in [1.54, 1.807) is 0 Å². The first-order valence-electron chi connectivity index (χ1n) is 6.12. The number of hydrogen-bond donors (Lipinski definition) is 1. The van der Waals surface area contributed by atoms with Gasteiger partial charge >= 0.3 is 0 Å². The molecule has 2 heterocycles. The van der Waals surface area contributed by atoms with Gasteiger partial charge in [0.05, 0.1) is 18.3 Å². The molecule has 1 N–H and O–H groups in total. The van der Waals surface area contributed by atoms with Gasteiger partial charge in [-0.3, -0.25) is 4.68 Å². The van der Waals surface area contributed by atoms with Crippen LogP contribution in [0.5, 0.6) is 0 Å². The quantitative estimate of drug-likeness (QED) is 0.837. The number of nitrogens with zero attached hydrogens (tertiary/aromatic N) is 3. The van der Waals surface area contributed by atoms with Gasteiger partial charge in [0.1, 0.15) is 5.82 Å². The maximum atomic E-state index is 5.46. The van der Waals surface area contributed by atoms with Gasteiger partial charge in [0.2, 0.25) is 0 Å². The van der Waals surface area contributed by atoms with Gasteiger partial charge in [-0.15, -0.1) is 0 Å². The molecule has 1 atom stereocenters. The summed E-state index contributed by atoms with van der Waals surface area (Å²) in [4.78, 5) is 2.31. The first-order valence-corrected chi connectivity index (χ1v) is 6.12. The highest BCUT2D eigenvalue weighted by Gasteiger charge is 2.25. The summed E-state index contributed by atoms with van der Waals surface area (Å²) in [5, 5.41) is 7.73. The number of nitrogens with one attached hydrogen (secondary N) is 1. The molecule has 1 aromatic heterocycles. The summed E-state index contributed by atoms with van der Waals surface area (Å²) in [5.74, 6) is 1.20. The summed E-state index contributed by atoms with van der Waals surface area (Å²) in [6.45, 7) is 4.61. The molecule has 1 fully saturated rings. The van der Waals surface area contributed by atoms with E-state index < -0.39 is 0 Å². The van der Waals surface area contributed by atoms with Crippen molar-refractivity contribution in [3.63, 3.8) is 0 Å². The molecule has 1 unspecified atom stereocenters. The summed E-state index contributed by atoms with van der Waals surface area (Å²) >= 11 is 0. The highest BCUT2D eigenvalue weighted by Crippen LogP contribution is 2.26. The van der Waals surface area contributed by atoms with Crippen LogP contribution in [0.2, 0.25) is 0 Å². The Kier molecular flexibility index (Phi) is 3.69. The van der Waals surface area contributed by atoms with Crippen LogP contribution in [0, 0.1) is 6.92 Å². The predicted octanol–water partition coefficient (Wildman–Crippen LogP) is 0.673. The van der Waals surface area contributed by atoms with Crippen molar-refractivity contribution < 1.29 is 4.74 Å². The van der Waals surface area contributed by atoms with Crippen molar-refractivity contribution in [2.24, 2.45) is 7.05 Å². The second kappa shape index (κ2) is 5.06. The lowest BCUT2D eigenvalue weighted by molar-refractivity contribution is 0.193. The summed E-state index contributed by atoms with van der Waals surface area (Å²) < 4.78 is 7.43. The van der Waals surface area contributed by atoms with Crippen LogP contribution in [0.3, 0.4) is 0 Å². The molecule has 1 aliphatic rings. The molecule has 17 heavy (non-hydrogen) atoms. The maximum Gasteiger partial charge on any atom is 0.131 e. The summed E-state index contributed by atoms with van der Waals surface area (Å²) in [6, 6.07) is 0.473. The van der Waals surface area contributed by atoms with E-state index in [0.29, 0.717) is 6.04 Å². The lowest BCUT2D eigenvalue weighted by atomic mass is 10.2. The van der Waals surface area contributed by atoms with Gasteiger partial charge in [0.25, 0.3) is 0 Å². The molecular weight excluding hydrogens is 216 g/mol. The second-order valence-corrected chi connectivity index (χ2v) is 4.67. The van der Waals surface area contributed by atoms with E-state index in [1.807, 2.05) is 18.8 Å². The lowest BCUT2D eigenvalue weighted by Gasteiger charge is -2.26. The topological polar surface area (TPSA) is 42.3 Å². The minimum absolute atomic E-state index is 0.473. The highest BCUT2D eigenvalue weighted by molar-refractivity contribution is 5.50. The summed E-state index contributed by atoms with van der Waals surface area (Å²) in [7, 11) is 6.11. The average molecular weight is 238 g/mol. The molecule has 0 saturated carbocycles. The molecule has 1 saturated heterocycles. The van der Waals surface area contributed by atoms with E-state index in [2.05, 4.69) is 29.3 Å². The van der Waals surface area contributed by atoms with Crippen molar-refractivity contribution in [3.05, 3.63) is 11.3 Å². The van der Waals surface area contributed by atoms with Gasteiger partial charge in [-0.25, -0.2) is 0 Å². The third-order valence-electron chi connectivity index (χ3n) is 3.45. The zero-order valence-electron chi connectivity index (χ0n) is 11.2. The van der Waals surface area contributed by atoms with Gasteiger partial charge in [0.15, 0.2) is 0 Å². The fraction of sp³-hybridized carbons (Fsp3) is 0.750. The number of likely N-dealkylation sites (N-methyl/N-ethyl adjacent to an activating group) is 1. The Morgan fingerprint density at radius 2 is 2.35 bits per heavy atom. The molecule has 0 bridgehead atoms. The summed E-state index contributed by atoms with van der Waals surface area (Å²) in [5.41, 5.74) is 2.38. The smallest absolute Gasteiger partial charge is 0.131 e. The van der Waals surface area contributed by atoms with Crippen LogP contribution in [-0.2, 0) is 18.3 Å². The molecule has 1 aromatic rings. The van der Waals surface area contributed by atoms with E-state index in [1.165, 1.54) is 11.4 Å². The minimum atomic E-state index is 0.473. The molecular formula is C12H22N4O. The van der Waals surface area contributed by atoms with E-state index in [0.717, 1.165) is 31.9 Å². The van der Waals surface area contributed by atoms with Gasteiger partial charge in [-0.05, 0) is 20.4 Å². The molecule has 2 rings (SSSR count). The van der Waals surface area contributed by atoms with Crippen molar-refractivity contribution >= 4 is 5.82 Å². The summed E-state index contributed by atoms with van der Waals surface area (Å²) in [6.07, 6.45) is 1.10. The fourth-order valence-electron chi connectivity index (χ4n) is 2.52. The van der Waals surface area contributed by atoms with Crippen LogP contribution < -0.4 is 10.2 Å². The highest BCUT2D eigenvalue weighted by atomic mass is 16.5. The van der Waals surface area contributed by atoms with Gasteiger partial charge in [-0.2, -0.15) is 5.10 Å². The Labute approximate surface area is 103 Å². The number of ether oxygens (including phenoxy) is 1. The molecule has 5 nitrogen and oxygen atoms in total. The van der Waals surface area contributed by atoms with Crippen molar-refractivity contribution in [3.8, 4) is 0 Å². The molecule has 0 radical (unpaired) electrons. The zero-order chi connectivity index (χ0) is 12.4. The Morgan fingerprint density at radius 1 is 1.59 bits per heavy atom. The first kappa shape index (κ1) is 12.4. The van der Waals surface area contributed by atoms with Crippen LogP contribution >= 0.6 is 0 Å². The minimum Gasteiger partial charge on any atom is -0.379 e. The van der Waals surface area contributed by atoms with Crippen LogP contribution in [0.25, 0.3) is 0 Å². The first-order chi connectivity index (χ1) is 8.15. The molecule has 96 valence electrons. The lowest BCUT2D eigenvalue weighted by Crippen LogP contribution is -2.34. The number of hydrogen-bond acceptors (Lipinski definition) is 4. The Morgan fingerprint density at radius 3 is 2.94 bits per heavy atom. The number of anilines is 1. The largest absolute Gasteiger partial charge is 0.379 e. The SMILES string of the molecule is CNCc1c(C)nn(C)c1N(C)C1CCOC1. The Balaban J connectivity index is 2.28. The molecule has 0 spiro atoms. The fourth-order valence-corrected chi connectivity index (χ4v) is 2.52. The van der Waals surface area contributed by atoms with Crippen LogP contribution in [0.4, 0.5) is 5.82 Å². The van der Waals surface area contributed by atoms with Crippen molar-refractivity contribution in [2.75, 3.05) is 32.2 Å². The number of aryl methyl sites for hydroxylation is 2. The molecule has 0 amide bonds. The van der Waals surface area contributed by atoms with Crippen LogP contribution in [0.1, 0.15) is 17.7 Å². The standard InChI is InChI=1S/C12H22N4O/c1-9-11(7-13-2)12(16(4)14-9)15(3)10-5-6-17-8-10/h10,13H,5-8H2,1-4H3. The van der Waals surface area contributed by atoms with Gasteiger partial charge < -0.3 is 15.0 Å². The third-order valence-corrected chi connectivity index (χ3v) is 3.45. The second-order valence-electron chi connectivity index (χ2n) is 4.67. The van der Waals surface area contributed by atoms with Crippen molar-refractivity contribution in [1.29, 1.82) is 0 Å². The molecule has 1 aliphatic heterocycles.